The van der Waals surface area contributed by atoms with E-state index in [-0.39, 0.29) is 5.91 Å². The zero-order valence-electron chi connectivity index (χ0n) is 16.7. The second-order valence-corrected chi connectivity index (χ2v) is 8.10. The van der Waals surface area contributed by atoms with Crippen LogP contribution in [0.25, 0.3) is 10.9 Å². The fourth-order valence-corrected chi connectivity index (χ4v) is 4.39. The van der Waals surface area contributed by atoms with Gasteiger partial charge < -0.3 is 9.88 Å². The molecule has 4 heteroatoms. The zero-order chi connectivity index (χ0) is 20.1. The predicted octanol–water partition coefficient (Wildman–Crippen LogP) is 4.84. The molecule has 1 amide bonds. The fourth-order valence-electron chi connectivity index (χ4n) is 4.39. The Hall–Kier alpha value is -3.06. The summed E-state index contributed by atoms with van der Waals surface area (Å²) in [6, 6.07) is 20.6. The number of hydrogen-bond acceptors (Lipinski definition) is 2. The number of aryl methyl sites for hydroxylation is 1. The second-order valence-electron chi connectivity index (χ2n) is 8.10. The number of fused-ring (bicyclic) bond motifs is 1. The standard InChI is InChI=1S/C25H27N3O/c26-17-20-11-12-22-16-23(27-24(22)15-20)9-4-10-25(29)28-13-5-8-21(18-28)14-19-6-2-1-3-7-19/h1-3,6-7,11-12,15-16,21,27H,4-5,8-10,13-14,18H2. The van der Waals surface area contributed by atoms with E-state index < -0.39 is 0 Å². The molecule has 0 radical (unpaired) electrons. The first kappa shape index (κ1) is 19.3. The molecule has 148 valence electrons. The zero-order valence-corrected chi connectivity index (χ0v) is 16.7. The number of nitrogens with zero attached hydrogens (tertiary/aromatic N) is 2. The lowest BCUT2D eigenvalue weighted by Crippen LogP contribution is -2.40. The Labute approximate surface area is 172 Å². The predicted molar refractivity (Wildman–Crippen MR) is 115 cm³/mol. The van der Waals surface area contributed by atoms with Crippen LogP contribution in [0.3, 0.4) is 0 Å². The van der Waals surface area contributed by atoms with Crippen molar-refractivity contribution < 1.29 is 4.79 Å². The van der Waals surface area contributed by atoms with E-state index in [9.17, 15) is 4.79 Å². The van der Waals surface area contributed by atoms with Gasteiger partial charge in [0, 0.05) is 30.7 Å². The third kappa shape index (κ3) is 4.86. The van der Waals surface area contributed by atoms with Crippen LogP contribution in [0.15, 0.2) is 54.6 Å². The number of rotatable bonds is 6. The van der Waals surface area contributed by atoms with Crippen molar-refractivity contribution >= 4 is 16.8 Å². The molecule has 0 bridgehead atoms. The van der Waals surface area contributed by atoms with Gasteiger partial charge in [-0.15, -0.1) is 0 Å². The number of nitrogens with one attached hydrogen (secondary N) is 1. The lowest BCUT2D eigenvalue weighted by Gasteiger charge is -2.33. The number of benzene rings is 2. The number of aromatic amines is 1. The number of piperidine rings is 1. The maximum absolute atomic E-state index is 12.7. The summed E-state index contributed by atoms with van der Waals surface area (Å²) >= 11 is 0. The van der Waals surface area contributed by atoms with Gasteiger partial charge in [0.2, 0.25) is 5.91 Å². The molecule has 1 N–H and O–H groups in total. The highest BCUT2D eigenvalue weighted by Gasteiger charge is 2.23. The van der Waals surface area contributed by atoms with Crippen LogP contribution in [0, 0.1) is 17.2 Å². The van der Waals surface area contributed by atoms with Gasteiger partial charge in [0.05, 0.1) is 11.6 Å². The van der Waals surface area contributed by atoms with Crippen LogP contribution in [0.1, 0.15) is 42.5 Å². The molecule has 0 spiro atoms. The van der Waals surface area contributed by atoms with Crippen molar-refractivity contribution in [3.05, 3.63) is 71.4 Å². The Morgan fingerprint density at radius 2 is 2.03 bits per heavy atom. The molecule has 29 heavy (non-hydrogen) atoms. The number of nitriles is 1. The summed E-state index contributed by atoms with van der Waals surface area (Å²) in [5.74, 6) is 0.851. The molecule has 1 unspecified atom stereocenters. The van der Waals surface area contributed by atoms with E-state index in [0.29, 0.717) is 17.9 Å². The Morgan fingerprint density at radius 3 is 2.86 bits per heavy atom. The van der Waals surface area contributed by atoms with Crippen LogP contribution in [0.2, 0.25) is 0 Å². The van der Waals surface area contributed by atoms with Crippen LogP contribution in [-0.4, -0.2) is 28.9 Å². The molecule has 1 aromatic heterocycles. The van der Waals surface area contributed by atoms with Gasteiger partial charge in [0.25, 0.3) is 0 Å². The molecule has 0 saturated carbocycles. The first-order chi connectivity index (χ1) is 14.2. The summed E-state index contributed by atoms with van der Waals surface area (Å²) in [5, 5.41) is 10.1. The number of hydrogen-bond donors (Lipinski definition) is 1. The minimum Gasteiger partial charge on any atom is -0.358 e. The first-order valence-electron chi connectivity index (χ1n) is 10.5. The van der Waals surface area contributed by atoms with Gasteiger partial charge in [-0.2, -0.15) is 5.26 Å². The fraction of sp³-hybridized carbons (Fsp3) is 0.360. The summed E-state index contributed by atoms with van der Waals surface area (Å²) in [5.41, 5.74) is 4.15. The highest BCUT2D eigenvalue weighted by Crippen LogP contribution is 2.22. The van der Waals surface area contributed by atoms with Crippen molar-refractivity contribution in [2.45, 2.75) is 38.5 Å². The van der Waals surface area contributed by atoms with E-state index in [1.54, 1.807) is 0 Å². The van der Waals surface area contributed by atoms with Crippen LogP contribution in [-0.2, 0) is 17.6 Å². The van der Waals surface area contributed by atoms with Gasteiger partial charge in [-0.1, -0.05) is 36.4 Å². The number of H-pyrrole nitrogens is 1. The molecule has 2 aromatic carbocycles. The van der Waals surface area contributed by atoms with Crippen molar-refractivity contribution in [1.82, 2.24) is 9.88 Å². The maximum Gasteiger partial charge on any atom is 0.222 e. The van der Waals surface area contributed by atoms with E-state index in [2.05, 4.69) is 52.4 Å². The lowest BCUT2D eigenvalue weighted by molar-refractivity contribution is -0.133. The summed E-state index contributed by atoms with van der Waals surface area (Å²) < 4.78 is 0. The number of carbonyl (C=O) groups excluding carboxylic acids is 1. The molecule has 3 aromatic rings. The van der Waals surface area contributed by atoms with Gasteiger partial charge in [-0.3, -0.25) is 4.79 Å². The number of aromatic nitrogens is 1. The van der Waals surface area contributed by atoms with Crippen molar-refractivity contribution in [1.29, 1.82) is 5.26 Å². The van der Waals surface area contributed by atoms with Crippen molar-refractivity contribution in [3.63, 3.8) is 0 Å². The molecular formula is C25H27N3O. The van der Waals surface area contributed by atoms with E-state index >= 15 is 0 Å². The monoisotopic (exact) mass is 385 g/mol. The quantitative estimate of drug-likeness (QED) is 0.660. The van der Waals surface area contributed by atoms with Crippen molar-refractivity contribution in [2.24, 2.45) is 5.92 Å². The molecule has 4 nitrogen and oxygen atoms in total. The summed E-state index contributed by atoms with van der Waals surface area (Å²) in [4.78, 5) is 18.2. The van der Waals surface area contributed by atoms with Gasteiger partial charge >= 0.3 is 0 Å². The Balaban J connectivity index is 1.27. The first-order valence-corrected chi connectivity index (χ1v) is 10.5. The van der Waals surface area contributed by atoms with Crippen LogP contribution < -0.4 is 0 Å². The second kappa shape index (κ2) is 8.96. The molecule has 4 rings (SSSR count). The van der Waals surface area contributed by atoms with Crippen molar-refractivity contribution in [3.8, 4) is 6.07 Å². The normalized spacial score (nSPS) is 16.7. The summed E-state index contributed by atoms with van der Waals surface area (Å²) in [7, 11) is 0. The van der Waals surface area contributed by atoms with Crippen molar-refractivity contribution in [2.75, 3.05) is 13.1 Å². The lowest BCUT2D eigenvalue weighted by atomic mass is 9.91. The van der Waals surface area contributed by atoms with E-state index in [0.717, 1.165) is 55.4 Å². The highest BCUT2D eigenvalue weighted by molar-refractivity contribution is 5.81. The number of likely N-dealkylation sites (tertiary alicyclic amines) is 1. The van der Waals surface area contributed by atoms with Gasteiger partial charge in [-0.25, -0.2) is 0 Å². The molecular weight excluding hydrogens is 358 g/mol. The van der Waals surface area contributed by atoms with Crippen LogP contribution in [0.5, 0.6) is 0 Å². The number of carbonyl (C=O) groups is 1. The molecule has 2 heterocycles. The average Bonchev–Trinajstić information content (AvgIpc) is 3.16. The molecule has 1 atom stereocenters. The van der Waals surface area contributed by atoms with E-state index in [4.69, 9.17) is 5.26 Å². The van der Waals surface area contributed by atoms with Gasteiger partial charge in [-0.05, 0) is 67.2 Å². The van der Waals surface area contributed by atoms with Crippen LogP contribution >= 0.6 is 0 Å². The third-order valence-electron chi connectivity index (χ3n) is 5.88. The smallest absolute Gasteiger partial charge is 0.222 e. The third-order valence-corrected chi connectivity index (χ3v) is 5.88. The van der Waals surface area contributed by atoms with E-state index in [1.807, 2.05) is 18.2 Å². The van der Waals surface area contributed by atoms with Gasteiger partial charge in [0.1, 0.15) is 0 Å². The Kier molecular flexibility index (Phi) is 5.95. The van der Waals surface area contributed by atoms with Crippen LogP contribution in [0.4, 0.5) is 0 Å². The van der Waals surface area contributed by atoms with E-state index in [1.165, 1.54) is 12.0 Å². The largest absolute Gasteiger partial charge is 0.358 e. The molecule has 1 fully saturated rings. The SMILES string of the molecule is N#Cc1ccc2cc(CCCC(=O)N3CCCC(Cc4ccccc4)C3)[nH]c2c1. The highest BCUT2D eigenvalue weighted by atomic mass is 16.2. The Bertz CT molecular complexity index is 1020. The Morgan fingerprint density at radius 1 is 1.17 bits per heavy atom. The minimum atomic E-state index is 0.283. The topological polar surface area (TPSA) is 59.9 Å². The maximum atomic E-state index is 12.7. The molecule has 0 aliphatic carbocycles. The molecule has 1 aliphatic heterocycles. The minimum absolute atomic E-state index is 0.283. The molecule has 1 aliphatic rings. The average molecular weight is 386 g/mol. The van der Waals surface area contributed by atoms with Gasteiger partial charge in [0.15, 0.2) is 0 Å². The summed E-state index contributed by atoms with van der Waals surface area (Å²) in [6.45, 7) is 1.78. The number of amides is 1. The molecule has 1 saturated heterocycles. The summed E-state index contributed by atoms with van der Waals surface area (Å²) in [6.07, 6.45) is 5.66.